The molecule has 9 heteroatoms. The zero-order valence-electron chi connectivity index (χ0n) is 26.7. The van der Waals surface area contributed by atoms with Crippen molar-refractivity contribution in [1.82, 2.24) is 0 Å². The molecule has 2 aliphatic carbocycles. The third-order valence-corrected chi connectivity index (χ3v) is 8.93. The summed E-state index contributed by atoms with van der Waals surface area (Å²) >= 11 is 0. The molecular weight excluding hydrogens is 642 g/mol. The molecule has 3 N–H and O–H groups in total. The highest BCUT2D eigenvalue weighted by Gasteiger charge is 2.34. The molecule has 244 valence electrons. The van der Waals surface area contributed by atoms with Crippen LogP contribution in [0, 0.1) is 0 Å². The lowest BCUT2D eigenvalue weighted by Gasteiger charge is -2.23. The summed E-state index contributed by atoms with van der Waals surface area (Å²) in [5, 5.41) is 8.79. The first-order chi connectivity index (χ1) is 24.8. The molecule has 0 unspecified atom stereocenters. The maximum atomic E-state index is 13.8. The first-order valence-corrected chi connectivity index (χ1v) is 16.0. The lowest BCUT2D eigenvalue weighted by molar-refractivity contribution is 0.0978. The summed E-state index contributed by atoms with van der Waals surface area (Å²) in [6, 6.07) is 36.1. The van der Waals surface area contributed by atoms with Crippen molar-refractivity contribution in [2.75, 3.05) is 16.0 Å². The number of hydrogen-bond donors (Lipinski definition) is 3. The van der Waals surface area contributed by atoms with Crippen molar-refractivity contribution < 1.29 is 28.8 Å². The van der Waals surface area contributed by atoms with Crippen molar-refractivity contribution in [1.29, 1.82) is 0 Å². The Labute approximate surface area is 291 Å². The Hall–Kier alpha value is -7.26. The predicted molar refractivity (Wildman–Crippen MR) is 192 cm³/mol. The van der Waals surface area contributed by atoms with Crippen LogP contribution in [0.3, 0.4) is 0 Å². The molecule has 0 fully saturated rings. The van der Waals surface area contributed by atoms with Crippen molar-refractivity contribution in [3.05, 3.63) is 189 Å². The minimum Gasteiger partial charge on any atom is -0.355 e. The zero-order valence-corrected chi connectivity index (χ0v) is 26.7. The van der Waals surface area contributed by atoms with E-state index in [0.717, 1.165) is 0 Å². The number of amides is 2. The Balaban J connectivity index is 1.14. The lowest BCUT2D eigenvalue weighted by Crippen LogP contribution is -2.24. The van der Waals surface area contributed by atoms with Crippen LogP contribution in [0.4, 0.5) is 22.7 Å². The molecule has 2 amide bonds. The van der Waals surface area contributed by atoms with E-state index in [9.17, 15) is 28.8 Å². The third kappa shape index (κ3) is 5.39. The number of benzene rings is 6. The molecule has 51 heavy (non-hydrogen) atoms. The minimum atomic E-state index is -0.468. The highest BCUT2D eigenvalue weighted by atomic mass is 16.2. The average molecular weight is 668 g/mol. The predicted octanol–water partition coefficient (Wildman–Crippen LogP) is 7.49. The van der Waals surface area contributed by atoms with E-state index in [1.165, 1.54) is 18.2 Å². The van der Waals surface area contributed by atoms with Crippen molar-refractivity contribution in [3.63, 3.8) is 0 Å². The van der Waals surface area contributed by atoms with Crippen LogP contribution in [0.5, 0.6) is 0 Å². The molecule has 0 heterocycles. The molecule has 0 bridgehead atoms. The Morgan fingerprint density at radius 1 is 0.373 bits per heavy atom. The summed E-state index contributed by atoms with van der Waals surface area (Å²) < 4.78 is 0. The number of carbonyl (C=O) groups excluding carboxylic acids is 6. The Bertz CT molecular complexity index is 2510. The van der Waals surface area contributed by atoms with Gasteiger partial charge in [-0.2, -0.15) is 0 Å². The van der Waals surface area contributed by atoms with E-state index in [2.05, 4.69) is 16.0 Å². The number of ketones is 4. The van der Waals surface area contributed by atoms with Crippen molar-refractivity contribution in [3.8, 4) is 0 Å². The van der Waals surface area contributed by atoms with Gasteiger partial charge >= 0.3 is 0 Å². The molecule has 0 aromatic heterocycles. The number of carbonyl (C=O) groups is 6. The van der Waals surface area contributed by atoms with Crippen LogP contribution >= 0.6 is 0 Å². The molecule has 0 spiro atoms. The summed E-state index contributed by atoms with van der Waals surface area (Å²) in [4.78, 5) is 81.3. The topological polar surface area (TPSA) is 139 Å². The van der Waals surface area contributed by atoms with Crippen LogP contribution in [-0.4, -0.2) is 34.9 Å². The van der Waals surface area contributed by atoms with Crippen LogP contribution in [0.2, 0.25) is 0 Å². The van der Waals surface area contributed by atoms with Gasteiger partial charge in [0, 0.05) is 55.9 Å². The van der Waals surface area contributed by atoms with Crippen molar-refractivity contribution >= 4 is 57.7 Å². The fourth-order valence-corrected chi connectivity index (χ4v) is 6.51. The SMILES string of the molecule is O=C(Nc1cccc2c1C(=O)c1ccc(Nc3cc(NC(=O)c4ccccc4)c4c(c3)C(=O)c3ccccc3C4=O)cc1C2=O)c1ccccc1. The van der Waals surface area contributed by atoms with Gasteiger partial charge in [0.1, 0.15) is 0 Å². The van der Waals surface area contributed by atoms with Crippen LogP contribution in [-0.2, 0) is 0 Å². The van der Waals surface area contributed by atoms with E-state index in [1.54, 1.807) is 115 Å². The number of nitrogens with one attached hydrogen (secondary N) is 3. The maximum absolute atomic E-state index is 13.8. The monoisotopic (exact) mass is 667 g/mol. The lowest BCUT2D eigenvalue weighted by atomic mass is 9.82. The van der Waals surface area contributed by atoms with Gasteiger partial charge in [0.05, 0.1) is 22.5 Å². The zero-order chi connectivity index (χ0) is 35.2. The van der Waals surface area contributed by atoms with Crippen LogP contribution in [0.15, 0.2) is 133 Å². The largest absolute Gasteiger partial charge is 0.355 e. The summed E-state index contributed by atoms with van der Waals surface area (Å²) in [7, 11) is 0. The highest BCUT2D eigenvalue weighted by molar-refractivity contribution is 6.32. The number of fused-ring (bicyclic) bond motifs is 4. The van der Waals surface area contributed by atoms with E-state index >= 15 is 0 Å². The number of hydrogen-bond acceptors (Lipinski definition) is 7. The van der Waals surface area contributed by atoms with Gasteiger partial charge in [-0.15, -0.1) is 0 Å². The van der Waals surface area contributed by atoms with Gasteiger partial charge in [-0.25, -0.2) is 0 Å². The Kier molecular flexibility index (Phi) is 7.50. The molecule has 8 rings (SSSR count). The minimum absolute atomic E-state index is 0.0755. The Morgan fingerprint density at radius 3 is 1.51 bits per heavy atom. The van der Waals surface area contributed by atoms with Crippen LogP contribution < -0.4 is 16.0 Å². The number of rotatable bonds is 6. The van der Waals surface area contributed by atoms with Gasteiger partial charge in [-0.05, 0) is 60.7 Å². The fraction of sp³-hybridized carbons (Fsp3) is 0. The average Bonchev–Trinajstić information content (AvgIpc) is 3.16. The van der Waals surface area contributed by atoms with Gasteiger partial charge < -0.3 is 16.0 Å². The second-order valence-corrected chi connectivity index (χ2v) is 12.1. The number of anilines is 4. The summed E-state index contributed by atoms with van der Waals surface area (Å²) in [6.45, 7) is 0. The molecule has 0 radical (unpaired) electrons. The molecule has 9 nitrogen and oxygen atoms in total. The second-order valence-electron chi connectivity index (χ2n) is 12.1. The van der Waals surface area contributed by atoms with E-state index in [1.807, 2.05) is 0 Å². The highest BCUT2D eigenvalue weighted by Crippen LogP contribution is 2.38. The van der Waals surface area contributed by atoms with Gasteiger partial charge in [0.15, 0.2) is 23.1 Å². The third-order valence-electron chi connectivity index (χ3n) is 8.93. The van der Waals surface area contributed by atoms with E-state index < -0.39 is 29.2 Å². The van der Waals surface area contributed by atoms with E-state index in [0.29, 0.717) is 22.5 Å². The van der Waals surface area contributed by atoms with Gasteiger partial charge in [-0.1, -0.05) is 72.8 Å². The molecule has 0 aliphatic heterocycles. The smallest absolute Gasteiger partial charge is 0.255 e. The fourth-order valence-electron chi connectivity index (χ4n) is 6.51. The van der Waals surface area contributed by atoms with Crippen LogP contribution in [0.1, 0.15) is 84.4 Å². The molecule has 6 aromatic rings. The van der Waals surface area contributed by atoms with Crippen molar-refractivity contribution in [2.45, 2.75) is 0 Å². The summed E-state index contributed by atoms with van der Waals surface area (Å²) in [5.74, 6) is -2.48. The molecule has 0 saturated heterocycles. The first kappa shape index (κ1) is 31.0. The maximum Gasteiger partial charge on any atom is 0.255 e. The second kappa shape index (κ2) is 12.3. The molecule has 0 saturated carbocycles. The van der Waals surface area contributed by atoms with E-state index in [4.69, 9.17) is 0 Å². The normalized spacial score (nSPS) is 12.6. The molecule has 0 atom stereocenters. The summed E-state index contributed by atoms with van der Waals surface area (Å²) in [6.07, 6.45) is 0. The Morgan fingerprint density at radius 2 is 0.863 bits per heavy atom. The summed E-state index contributed by atoms with van der Waals surface area (Å²) in [5.41, 5.74) is 3.17. The first-order valence-electron chi connectivity index (χ1n) is 16.0. The van der Waals surface area contributed by atoms with Crippen LogP contribution in [0.25, 0.3) is 0 Å². The van der Waals surface area contributed by atoms with Crippen molar-refractivity contribution in [2.24, 2.45) is 0 Å². The molecular formula is C42H25N3O6. The molecule has 6 aromatic carbocycles. The van der Waals surface area contributed by atoms with Gasteiger partial charge in [-0.3, -0.25) is 28.8 Å². The van der Waals surface area contributed by atoms with Gasteiger partial charge in [0.2, 0.25) is 0 Å². The quantitative estimate of drug-likeness (QED) is 0.167. The molecule has 2 aliphatic rings. The standard InChI is InChI=1S/C42H25N3O6/c46-37-27-14-7-8-15-28(27)39(48)36-32(37)21-26(22-34(36)45-42(51)24-12-5-2-6-13-24)43-25-18-19-29-31(20-25)38(47)30-16-9-17-33(35(30)40(29)49)44-41(50)23-10-3-1-4-11-23/h1-22,43H,(H,44,50)(H,45,51). The van der Waals surface area contributed by atoms with Gasteiger partial charge in [0.25, 0.3) is 11.8 Å². The van der Waals surface area contributed by atoms with E-state index in [-0.39, 0.29) is 61.7 Å².